The molecule has 0 aliphatic carbocycles. The van der Waals surface area contributed by atoms with Crippen LogP contribution in [0.1, 0.15) is 63.8 Å². The number of nitrogens with one attached hydrogen (secondary N) is 1. The van der Waals surface area contributed by atoms with Gasteiger partial charge in [0.05, 0.1) is 0 Å². The number of hydrogen-bond donors (Lipinski definition) is 1. The number of aromatic nitrogens is 2. The van der Waals surface area contributed by atoms with Gasteiger partial charge in [-0.2, -0.15) is 0 Å². The number of amides is 1. The summed E-state index contributed by atoms with van der Waals surface area (Å²) in [6.45, 7) is 9.62. The molecular weight excluding hydrogens is 490 g/mol. The first-order valence-corrected chi connectivity index (χ1v) is 15.1. The normalized spacial score (nSPS) is 10.8. The molecule has 7 heteroatoms. The van der Waals surface area contributed by atoms with Gasteiger partial charge in [0.25, 0.3) is 0 Å². The number of carbonyl (C=O) groups excluding carboxylic acids is 1. The third kappa shape index (κ3) is 9.05. The lowest BCUT2D eigenvalue weighted by atomic mass is 10.1. The van der Waals surface area contributed by atoms with Gasteiger partial charge >= 0.3 is 0 Å². The summed E-state index contributed by atoms with van der Waals surface area (Å²) >= 11 is 1.54. The molecule has 0 fully saturated rings. The van der Waals surface area contributed by atoms with E-state index in [9.17, 15) is 4.79 Å². The average molecular weight is 534 g/mol. The van der Waals surface area contributed by atoms with Crippen LogP contribution in [0.2, 0.25) is 0 Å². The smallest absolute Gasteiger partial charge is 0.224 e. The molecule has 0 unspecified atom stereocenters. The Morgan fingerprint density at radius 1 is 0.868 bits per heavy atom. The molecule has 0 spiro atoms. The van der Waals surface area contributed by atoms with E-state index in [1.165, 1.54) is 48.7 Å². The van der Waals surface area contributed by atoms with Crippen LogP contribution in [0.3, 0.4) is 0 Å². The van der Waals surface area contributed by atoms with E-state index in [4.69, 9.17) is 4.98 Å². The van der Waals surface area contributed by atoms with E-state index in [-0.39, 0.29) is 5.91 Å². The molecule has 1 N–H and O–H groups in total. The first kappa shape index (κ1) is 29.5. The Morgan fingerprint density at radius 2 is 1.55 bits per heavy atom. The molecule has 6 nitrogen and oxygen atoms in total. The molecule has 204 valence electrons. The Morgan fingerprint density at radius 3 is 2.21 bits per heavy atom. The standard InChI is InChI=1S/C31H43N5OS/c1-5-7-8-15-22-36(27-19-13-10-14-20-27)23-16-21-28(37)34-29-30(32-25(3)33-31(29)38-4)35(6-2)24-26-17-11-9-12-18-26/h9-14,17-20H,5-8,15-16,21-24H2,1-4H3,(H,34,37). The van der Waals surface area contributed by atoms with E-state index >= 15 is 0 Å². The van der Waals surface area contributed by atoms with Crippen molar-refractivity contribution in [2.75, 3.05) is 41.0 Å². The van der Waals surface area contributed by atoms with E-state index in [0.29, 0.717) is 24.5 Å². The van der Waals surface area contributed by atoms with Gasteiger partial charge in [-0.05, 0) is 50.6 Å². The average Bonchev–Trinajstić information content (AvgIpc) is 2.94. The topological polar surface area (TPSA) is 61.4 Å². The first-order valence-electron chi connectivity index (χ1n) is 13.9. The predicted molar refractivity (Wildman–Crippen MR) is 162 cm³/mol. The SMILES string of the molecule is CCCCCCN(CCCC(=O)Nc1c(SC)nc(C)nc1N(CC)Cc1ccccc1)c1ccccc1. The minimum atomic E-state index is 0.00348. The molecule has 3 rings (SSSR count). The second kappa shape index (κ2) is 16.0. The van der Waals surface area contributed by atoms with Crippen LogP contribution in [0.25, 0.3) is 0 Å². The number of anilines is 3. The van der Waals surface area contributed by atoms with Crippen LogP contribution >= 0.6 is 11.8 Å². The maximum atomic E-state index is 13.2. The Balaban J connectivity index is 1.69. The molecule has 0 atom stereocenters. The van der Waals surface area contributed by atoms with Crippen LogP contribution in [-0.2, 0) is 11.3 Å². The van der Waals surface area contributed by atoms with Crippen molar-refractivity contribution < 1.29 is 4.79 Å². The summed E-state index contributed by atoms with van der Waals surface area (Å²) < 4.78 is 0. The molecule has 0 aliphatic heterocycles. The third-order valence-corrected chi connectivity index (χ3v) is 7.24. The minimum absolute atomic E-state index is 0.00348. The number of rotatable bonds is 16. The molecule has 0 saturated heterocycles. The van der Waals surface area contributed by atoms with Crippen molar-refractivity contribution in [1.82, 2.24) is 9.97 Å². The van der Waals surface area contributed by atoms with Crippen molar-refractivity contribution in [1.29, 1.82) is 0 Å². The predicted octanol–water partition coefficient (Wildman–Crippen LogP) is 7.34. The van der Waals surface area contributed by atoms with E-state index in [1.54, 1.807) is 0 Å². The Bertz CT molecular complexity index is 1110. The highest BCUT2D eigenvalue weighted by atomic mass is 32.2. The number of hydrogen-bond acceptors (Lipinski definition) is 6. The highest BCUT2D eigenvalue weighted by Crippen LogP contribution is 2.33. The summed E-state index contributed by atoms with van der Waals surface area (Å²) in [6, 6.07) is 20.9. The second-order valence-corrected chi connectivity index (χ2v) is 10.3. The quantitative estimate of drug-likeness (QED) is 0.118. The molecule has 38 heavy (non-hydrogen) atoms. The van der Waals surface area contributed by atoms with E-state index in [1.807, 2.05) is 37.4 Å². The van der Waals surface area contributed by atoms with E-state index in [0.717, 1.165) is 36.9 Å². The van der Waals surface area contributed by atoms with Crippen LogP contribution in [0.15, 0.2) is 65.7 Å². The molecule has 1 heterocycles. The zero-order valence-electron chi connectivity index (χ0n) is 23.4. The lowest BCUT2D eigenvalue weighted by Crippen LogP contribution is -2.28. The molecule has 0 radical (unpaired) electrons. The third-order valence-electron chi connectivity index (χ3n) is 6.56. The Labute approximate surface area is 233 Å². The molecule has 0 aliphatic rings. The number of aryl methyl sites for hydroxylation is 1. The Kier molecular flexibility index (Phi) is 12.4. The number of unbranched alkanes of at least 4 members (excludes halogenated alkanes) is 3. The van der Waals surface area contributed by atoms with Crippen molar-refractivity contribution in [2.24, 2.45) is 0 Å². The number of carbonyl (C=O) groups is 1. The molecule has 1 aromatic heterocycles. The largest absolute Gasteiger partial charge is 0.372 e. The maximum Gasteiger partial charge on any atom is 0.224 e. The molecular formula is C31H43N5OS. The van der Waals surface area contributed by atoms with Gasteiger partial charge in [0.2, 0.25) is 5.91 Å². The minimum Gasteiger partial charge on any atom is -0.372 e. The van der Waals surface area contributed by atoms with Gasteiger partial charge in [-0.25, -0.2) is 9.97 Å². The van der Waals surface area contributed by atoms with E-state index in [2.05, 4.69) is 70.3 Å². The maximum absolute atomic E-state index is 13.2. The molecule has 0 saturated carbocycles. The van der Waals surface area contributed by atoms with Crippen LogP contribution in [0.5, 0.6) is 0 Å². The van der Waals surface area contributed by atoms with Gasteiger partial charge in [-0.1, -0.05) is 74.7 Å². The van der Waals surface area contributed by atoms with Gasteiger partial charge in [-0.15, -0.1) is 11.8 Å². The number of benzene rings is 2. The number of thioether (sulfide) groups is 1. The van der Waals surface area contributed by atoms with Crippen molar-refractivity contribution in [3.63, 3.8) is 0 Å². The fourth-order valence-corrected chi connectivity index (χ4v) is 5.10. The number of nitrogens with zero attached hydrogens (tertiary/aromatic N) is 4. The highest BCUT2D eigenvalue weighted by molar-refractivity contribution is 7.98. The molecule has 1 amide bonds. The van der Waals surface area contributed by atoms with Crippen LogP contribution < -0.4 is 15.1 Å². The van der Waals surface area contributed by atoms with Crippen molar-refractivity contribution in [3.8, 4) is 0 Å². The second-order valence-electron chi connectivity index (χ2n) is 9.51. The summed E-state index contributed by atoms with van der Waals surface area (Å²) in [6.07, 6.45) is 8.13. The van der Waals surface area contributed by atoms with Crippen molar-refractivity contribution in [3.05, 3.63) is 72.1 Å². The monoisotopic (exact) mass is 533 g/mol. The lowest BCUT2D eigenvalue weighted by Gasteiger charge is -2.26. The van der Waals surface area contributed by atoms with Crippen LogP contribution in [0.4, 0.5) is 17.2 Å². The summed E-state index contributed by atoms with van der Waals surface area (Å²) in [5.41, 5.74) is 3.14. The fraction of sp³-hybridized carbons (Fsp3) is 0.452. The zero-order valence-corrected chi connectivity index (χ0v) is 24.3. The summed E-state index contributed by atoms with van der Waals surface area (Å²) in [7, 11) is 0. The summed E-state index contributed by atoms with van der Waals surface area (Å²) in [5.74, 6) is 1.49. The number of para-hydroxylation sites is 1. The lowest BCUT2D eigenvalue weighted by molar-refractivity contribution is -0.116. The van der Waals surface area contributed by atoms with Crippen molar-refractivity contribution >= 4 is 34.9 Å². The van der Waals surface area contributed by atoms with Gasteiger partial charge in [0, 0.05) is 38.3 Å². The molecule has 0 bridgehead atoms. The fourth-order valence-electron chi connectivity index (χ4n) is 4.53. The first-order chi connectivity index (χ1) is 18.5. The zero-order chi connectivity index (χ0) is 27.2. The summed E-state index contributed by atoms with van der Waals surface area (Å²) in [4.78, 5) is 27.2. The Hall–Kier alpha value is -3.06. The van der Waals surface area contributed by atoms with Gasteiger partial charge < -0.3 is 15.1 Å². The van der Waals surface area contributed by atoms with E-state index < -0.39 is 0 Å². The van der Waals surface area contributed by atoms with Crippen LogP contribution in [0, 0.1) is 6.92 Å². The van der Waals surface area contributed by atoms with Gasteiger partial charge in [0.15, 0.2) is 5.82 Å². The molecule has 2 aromatic carbocycles. The van der Waals surface area contributed by atoms with Crippen molar-refractivity contribution in [2.45, 2.75) is 70.9 Å². The molecule has 3 aromatic rings. The van der Waals surface area contributed by atoms with Gasteiger partial charge in [0.1, 0.15) is 16.5 Å². The van der Waals surface area contributed by atoms with Crippen LogP contribution in [-0.4, -0.2) is 41.8 Å². The highest BCUT2D eigenvalue weighted by Gasteiger charge is 2.20. The summed E-state index contributed by atoms with van der Waals surface area (Å²) in [5, 5.41) is 3.99. The van der Waals surface area contributed by atoms with Gasteiger partial charge in [-0.3, -0.25) is 4.79 Å².